The predicted molar refractivity (Wildman–Crippen MR) is 93.6 cm³/mol. The molecule has 3 N–H and O–H groups in total. The molecule has 128 valence electrons. The van der Waals surface area contributed by atoms with E-state index in [0.29, 0.717) is 19.8 Å². The second-order valence-electron chi connectivity index (χ2n) is 6.53. The molecule has 1 aliphatic rings. The summed E-state index contributed by atoms with van der Waals surface area (Å²) >= 11 is 6.00. The predicted octanol–water partition coefficient (Wildman–Crippen LogP) is 2.88. The molecule has 1 aliphatic heterocycles. The Balaban J connectivity index is 2.10. The Morgan fingerprint density at radius 2 is 1.96 bits per heavy atom. The minimum Gasteiger partial charge on any atom is -0.381 e. The Kier molecular flexibility index (Phi) is 6.45. The number of hydrogen-bond acceptors (Lipinski definition) is 3. The highest BCUT2D eigenvalue weighted by atomic mass is 35.5. The number of nitrogens with one attached hydrogen (secondary N) is 1. The Morgan fingerprint density at radius 3 is 2.52 bits per heavy atom. The van der Waals surface area contributed by atoms with Crippen molar-refractivity contribution in [3.05, 3.63) is 34.9 Å². The summed E-state index contributed by atoms with van der Waals surface area (Å²) in [5.41, 5.74) is 7.13. The van der Waals surface area contributed by atoms with E-state index in [-0.39, 0.29) is 17.2 Å². The number of amides is 1. The fraction of sp³-hybridized carbons (Fsp3) is 0.611. The second kappa shape index (κ2) is 8.13. The molecular formula is C18H27ClN2O2. The lowest BCUT2D eigenvalue weighted by atomic mass is 9.74. The summed E-state index contributed by atoms with van der Waals surface area (Å²) in [5, 5.41) is 3.79. The number of carbonyl (C=O) groups is 1. The number of ether oxygens (including phenoxy) is 1. The van der Waals surface area contributed by atoms with Gasteiger partial charge in [-0.1, -0.05) is 44.0 Å². The van der Waals surface area contributed by atoms with Crippen molar-refractivity contribution in [2.24, 2.45) is 11.7 Å². The van der Waals surface area contributed by atoms with Gasteiger partial charge >= 0.3 is 0 Å². The molecule has 1 fully saturated rings. The zero-order valence-electron chi connectivity index (χ0n) is 14.0. The van der Waals surface area contributed by atoms with Gasteiger partial charge < -0.3 is 15.8 Å². The molecule has 23 heavy (non-hydrogen) atoms. The van der Waals surface area contributed by atoms with Gasteiger partial charge in [0.25, 0.3) is 0 Å². The zero-order valence-corrected chi connectivity index (χ0v) is 14.7. The van der Waals surface area contributed by atoms with Crippen LogP contribution in [0.1, 0.15) is 38.7 Å². The molecule has 0 aliphatic carbocycles. The van der Waals surface area contributed by atoms with E-state index in [0.717, 1.165) is 24.3 Å². The van der Waals surface area contributed by atoms with Crippen molar-refractivity contribution >= 4 is 17.5 Å². The summed E-state index contributed by atoms with van der Waals surface area (Å²) < 4.78 is 5.52. The van der Waals surface area contributed by atoms with Crippen LogP contribution in [0.15, 0.2) is 24.3 Å². The molecule has 0 aromatic heterocycles. The highest BCUT2D eigenvalue weighted by Gasteiger charge is 2.35. The molecule has 2 atom stereocenters. The molecule has 0 spiro atoms. The van der Waals surface area contributed by atoms with Crippen molar-refractivity contribution in [3.63, 3.8) is 0 Å². The number of hydrogen-bond donors (Lipinski definition) is 2. The summed E-state index contributed by atoms with van der Waals surface area (Å²) in [5.74, 6) is 0.107. The standard InChI is InChI=1S/C18H27ClN2O2/c1-3-13(2)16(20)17(22)21-12-18(8-10-23-11-9-18)14-4-6-15(19)7-5-14/h4-7,13,16H,3,8-12,20H2,1-2H3,(H,21,22). The molecule has 1 aromatic carbocycles. The number of rotatable bonds is 6. The first-order valence-corrected chi connectivity index (χ1v) is 8.73. The van der Waals surface area contributed by atoms with Crippen molar-refractivity contribution in [2.75, 3.05) is 19.8 Å². The van der Waals surface area contributed by atoms with Gasteiger partial charge in [0.15, 0.2) is 0 Å². The van der Waals surface area contributed by atoms with Crippen LogP contribution in [-0.4, -0.2) is 31.7 Å². The molecule has 1 heterocycles. The van der Waals surface area contributed by atoms with Crippen molar-refractivity contribution in [1.82, 2.24) is 5.32 Å². The van der Waals surface area contributed by atoms with Crippen LogP contribution in [-0.2, 0) is 14.9 Å². The Hall–Kier alpha value is -1.10. The number of benzene rings is 1. The average molecular weight is 339 g/mol. The van der Waals surface area contributed by atoms with Crippen LogP contribution in [0.25, 0.3) is 0 Å². The van der Waals surface area contributed by atoms with Gasteiger partial charge in [-0.25, -0.2) is 0 Å². The minimum atomic E-state index is -0.456. The smallest absolute Gasteiger partial charge is 0.237 e. The molecule has 4 nitrogen and oxygen atoms in total. The van der Waals surface area contributed by atoms with E-state index in [2.05, 4.69) is 17.4 Å². The Labute approximate surface area is 143 Å². The molecular weight excluding hydrogens is 312 g/mol. The monoisotopic (exact) mass is 338 g/mol. The molecule has 5 heteroatoms. The quantitative estimate of drug-likeness (QED) is 0.838. The minimum absolute atomic E-state index is 0.0702. The third-order valence-electron chi connectivity index (χ3n) is 5.07. The van der Waals surface area contributed by atoms with Gasteiger partial charge in [0.2, 0.25) is 5.91 Å². The summed E-state index contributed by atoms with van der Waals surface area (Å²) in [4.78, 5) is 12.3. The summed E-state index contributed by atoms with van der Waals surface area (Å²) in [6.45, 7) is 6.05. The van der Waals surface area contributed by atoms with E-state index in [1.165, 1.54) is 5.56 Å². The maximum Gasteiger partial charge on any atom is 0.237 e. The van der Waals surface area contributed by atoms with E-state index in [1.54, 1.807) is 0 Å². The molecule has 1 saturated heterocycles. The largest absolute Gasteiger partial charge is 0.381 e. The number of halogens is 1. The molecule has 1 aromatic rings. The van der Waals surface area contributed by atoms with Gasteiger partial charge in [-0.3, -0.25) is 4.79 Å². The van der Waals surface area contributed by atoms with E-state index < -0.39 is 6.04 Å². The molecule has 0 saturated carbocycles. The average Bonchev–Trinajstić information content (AvgIpc) is 2.59. The molecule has 1 amide bonds. The van der Waals surface area contributed by atoms with Gasteiger partial charge in [0.1, 0.15) is 0 Å². The van der Waals surface area contributed by atoms with Crippen molar-refractivity contribution < 1.29 is 9.53 Å². The highest BCUT2D eigenvalue weighted by Crippen LogP contribution is 2.35. The molecule has 2 unspecified atom stereocenters. The van der Waals surface area contributed by atoms with Crippen LogP contribution in [0.2, 0.25) is 5.02 Å². The number of nitrogens with two attached hydrogens (primary N) is 1. The van der Waals surface area contributed by atoms with Gasteiger partial charge in [-0.15, -0.1) is 0 Å². The second-order valence-corrected chi connectivity index (χ2v) is 6.97. The fourth-order valence-electron chi connectivity index (χ4n) is 3.02. The van der Waals surface area contributed by atoms with Crippen LogP contribution in [0.3, 0.4) is 0 Å². The van der Waals surface area contributed by atoms with Crippen LogP contribution >= 0.6 is 11.6 Å². The van der Waals surface area contributed by atoms with E-state index in [4.69, 9.17) is 22.1 Å². The maximum atomic E-state index is 12.3. The topological polar surface area (TPSA) is 64.4 Å². The van der Waals surface area contributed by atoms with Crippen LogP contribution in [0, 0.1) is 5.92 Å². The first kappa shape index (κ1) is 18.2. The van der Waals surface area contributed by atoms with Gasteiger partial charge in [-0.05, 0) is 36.5 Å². The maximum absolute atomic E-state index is 12.3. The summed E-state index contributed by atoms with van der Waals surface area (Å²) in [7, 11) is 0. The summed E-state index contributed by atoms with van der Waals surface area (Å²) in [6, 6.07) is 7.45. The van der Waals surface area contributed by atoms with Crippen LogP contribution < -0.4 is 11.1 Å². The van der Waals surface area contributed by atoms with Crippen molar-refractivity contribution in [1.29, 1.82) is 0 Å². The third kappa shape index (κ3) is 4.46. The lowest BCUT2D eigenvalue weighted by molar-refractivity contribution is -0.123. The van der Waals surface area contributed by atoms with E-state index in [9.17, 15) is 4.79 Å². The van der Waals surface area contributed by atoms with E-state index in [1.807, 2.05) is 26.0 Å². The molecule has 2 rings (SSSR count). The molecule has 0 bridgehead atoms. The number of carbonyl (C=O) groups excluding carboxylic acids is 1. The Bertz CT molecular complexity index is 512. The highest BCUT2D eigenvalue weighted by molar-refractivity contribution is 6.30. The lowest BCUT2D eigenvalue weighted by Gasteiger charge is -2.38. The van der Waals surface area contributed by atoms with Gasteiger partial charge in [-0.2, -0.15) is 0 Å². The Morgan fingerprint density at radius 1 is 1.35 bits per heavy atom. The van der Waals surface area contributed by atoms with Crippen LogP contribution in [0.4, 0.5) is 0 Å². The first-order valence-electron chi connectivity index (χ1n) is 8.35. The normalized spacial score (nSPS) is 19.8. The van der Waals surface area contributed by atoms with Gasteiger partial charge in [0, 0.05) is 30.2 Å². The van der Waals surface area contributed by atoms with Crippen LogP contribution in [0.5, 0.6) is 0 Å². The van der Waals surface area contributed by atoms with Crippen molar-refractivity contribution in [2.45, 2.75) is 44.6 Å². The van der Waals surface area contributed by atoms with Gasteiger partial charge in [0.05, 0.1) is 6.04 Å². The lowest BCUT2D eigenvalue weighted by Crippen LogP contribution is -2.50. The van der Waals surface area contributed by atoms with E-state index >= 15 is 0 Å². The third-order valence-corrected chi connectivity index (χ3v) is 5.32. The SMILES string of the molecule is CCC(C)C(N)C(=O)NCC1(c2ccc(Cl)cc2)CCOCC1. The molecule has 0 radical (unpaired) electrons. The first-order chi connectivity index (χ1) is 11.0. The van der Waals surface area contributed by atoms with Crippen molar-refractivity contribution in [3.8, 4) is 0 Å². The summed E-state index contributed by atoms with van der Waals surface area (Å²) in [6.07, 6.45) is 2.66. The fourth-order valence-corrected chi connectivity index (χ4v) is 3.15. The zero-order chi connectivity index (χ0) is 16.9.